The van der Waals surface area contributed by atoms with Gasteiger partial charge in [0.15, 0.2) is 5.96 Å². The fourth-order valence-electron chi connectivity index (χ4n) is 2.98. The van der Waals surface area contributed by atoms with Crippen molar-refractivity contribution in [1.82, 2.24) is 10.2 Å². The average Bonchev–Trinajstić information content (AvgIpc) is 2.91. The summed E-state index contributed by atoms with van der Waals surface area (Å²) >= 11 is 0. The summed E-state index contributed by atoms with van der Waals surface area (Å²) in [4.78, 5) is 7.22. The molecule has 5 heteroatoms. The molecule has 1 N–H and O–H groups in total. The highest BCUT2D eigenvalue weighted by atomic mass is 127. The summed E-state index contributed by atoms with van der Waals surface area (Å²) in [6.45, 7) is 10.8. The highest BCUT2D eigenvalue weighted by molar-refractivity contribution is 14.0. The van der Waals surface area contributed by atoms with Crippen molar-refractivity contribution in [3.05, 3.63) is 29.8 Å². The predicted octanol–water partition coefficient (Wildman–Crippen LogP) is 3.94. The van der Waals surface area contributed by atoms with E-state index in [9.17, 15) is 0 Å². The molecule has 2 rings (SSSR count). The van der Waals surface area contributed by atoms with E-state index in [0.717, 1.165) is 50.7 Å². The molecule has 0 aliphatic carbocycles. The van der Waals surface area contributed by atoms with Crippen LogP contribution in [0.2, 0.25) is 0 Å². The monoisotopic (exact) mass is 445 g/mol. The van der Waals surface area contributed by atoms with Crippen molar-refractivity contribution in [2.75, 3.05) is 33.3 Å². The second kappa shape index (κ2) is 10.1. The maximum atomic E-state index is 5.19. The predicted molar refractivity (Wildman–Crippen MR) is 113 cm³/mol. The van der Waals surface area contributed by atoms with E-state index >= 15 is 0 Å². The zero-order valence-electron chi connectivity index (χ0n) is 15.5. The molecule has 1 saturated heterocycles. The van der Waals surface area contributed by atoms with Gasteiger partial charge in [-0.2, -0.15) is 0 Å². The highest BCUT2D eigenvalue weighted by Gasteiger charge is 2.30. The molecular weight excluding hydrogens is 413 g/mol. The molecule has 0 saturated carbocycles. The lowest BCUT2D eigenvalue weighted by molar-refractivity contribution is 0.370. The van der Waals surface area contributed by atoms with Crippen LogP contribution in [-0.2, 0) is 6.42 Å². The first kappa shape index (κ1) is 21.1. The van der Waals surface area contributed by atoms with Gasteiger partial charge in [0, 0.05) is 26.2 Å². The van der Waals surface area contributed by atoms with Crippen LogP contribution in [0.5, 0.6) is 5.75 Å². The van der Waals surface area contributed by atoms with Crippen LogP contribution < -0.4 is 10.1 Å². The fourth-order valence-corrected chi connectivity index (χ4v) is 2.98. The Morgan fingerprint density at radius 2 is 2.00 bits per heavy atom. The molecule has 0 spiro atoms. The Hall–Kier alpha value is -0.980. The molecule has 0 radical (unpaired) electrons. The van der Waals surface area contributed by atoms with Gasteiger partial charge in [-0.05, 0) is 49.3 Å². The van der Waals surface area contributed by atoms with Gasteiger partial charge in [0.1, 0.15) is 5.75 Å². The molecule has 0 unspecified atom stereocenters. The lowest BCUT2D eigenvalue weighted by atomic mass is 9.93. The molecule has 0 bridgehead atoms. The van der Waals surface area contributed by atoms with Crippen molar-refractivity contribution < 1.29 is 4.74 Å². The molecule has 136 valence electrons. The van der Waals surface area contributed by atoms with Crippen LogP contribution in [0.25, 0.3) is 0 Å². The third kappa shape index (κ3) is 6.49. The molecule has 24 heavy (non-hydrogen) atoms. The highest BCUT2D eigenvalue weighted by Crippen LogP contribution is 2.28. The number of nitrogens with one attached hydrogen (secondary N) is 1. The van der Waals surface area contributed by atoms with Crippen molar-refractivity contribution in [3.8, 4) is 5.75 Å². The van der Waals surface area contributed by atoms with Gasteiger partial charge in [-0.1, -0.05) is 26.0 Å². The van der Waals surface area contributed by atoms with Gasteiger partial charge in [-0.15, -0.1) is 24.0 Å². The average molecular weight is 445 g/mol. The smallest absolute Gasteiger partial charge is 0.193 e. The van der Waals surface area contributed by atoms with Crippen LogP contribution in [-0.4, -0.2) is 44.1 Å². The maximum Gasteiger partial charge on any atom is 0.193 e. The molecule has 1 heterocycles. The van der Waals surface area contributed by atoms with E-state index in [1.807, 2.05) is 12.1 Å². The molecule has 1 aromatic carbocycles. The minimum atomic E-state index is 0. The van der Waals surface area contributed by atoms with Crippen molar-refractivity contribution >= 4 is 29.9 Å². The van der Waals surface area contributed by atoms with Gasteiger partial charge < -0.3 is 15.0 Å². The third-order valence-corrected chi connectivity index (χ3v) is 4.36. The normalized spacial score (nSPS) is 16.7. The number of methoxy groups -OCH3 is 1. The van der Waals surface area contributed by atoms with Crippen LogP contribution in [0.15, 0.2) is 29.3 Å². The molecule has 0 amide bonds. The van der Waals surface area contributed by atoms with E-state index in [0.29, 0.717) is 5.41 Å². The molecule has 1 aliphatic heterocycles. The lowest BCUT2D eigenvalue weighted by Crippen LogP contribution is -2.40. The van der Waals surface area contributed by atoms with E-state index < -0.39 is 0 Å². The number of likely N-dealkylation sites (tertiary alicyclic amines) is 1. The number of benzene rings is 1. The second-order valence-electron chi connectivity index (χ2n) is 7.02. The topological polar surface area (TPSA) is 36.9 Å². The number of nitrogens with zero attached hydrogens (tertiary/aromatic N) is 2. The van der Waals surface area contributed by atoms with Gasteiger partial charge >= 0.3 is 0 Å². The van der Waals surface area contributed by atoms with Crippen molar-refractivity contribution in [2.45, 2.75) is 40.0 Å². The van der Waals surface area contributed by atoms with E-state index in [1.165, 1.54) is 12.0 Å². The largest absolute Gasteiger partial charge is 0.497 e. The van der Waals surface area contributed by atoms with Crippen LogP contribution in [0.4, 0.5) is 0 Å². The summed E-state index contributed by atoms with van der Waals surface area (Å²) in [6.07, 6.45) is 3.36. The van der Waals surface area contributed by atoms with E-state index in [1.54, 1.807) is 7.11 Å². The van der Waals surface area contributed by atoms with Crippen molar-refractivity contribution in [3.63, 3.8) is 0 Å². The lowest BCUT2D eigenvalue weighted by Gasteiger charge is -2.23. The molecule has 1 aliphatic rings. The molecule has 0 aromatic heterocycles. The zero-order chi connectivity index (χ0) is 16.7. The van der Waals surface area contributed by atoms with Gasteiger partial charge in [0.2, 0.25) is 0 Å². The number of ether oxygens (including phenoxy) is 1. The van der Waals surface area contributed by atoms with E-state index in [-0.39, 0.29) is 24.0 Å². The van der Waals surface area contributed by atoms with Crippen LogP contribution in [0.3, 0.4) is 0 Å². The second-order valence-corrected chi connectivity index (χ2v) is 7.02. The Labute approximate surface area is 164 Å². The quantitative estimate of drug-likeness (QED) is 0.312. The third-order valence-electron chi connectivity index (χ3n) is 4.36. The first-order valence-electron chi connectivity index (χ1n) is 8.70. The van der Waals surface area contributed by atoms with Crippen LogP contribution in [0, 0.1) is 5.41 Å². The SMILES string of the molecule is CCNC(=NCCCc1ccc(OC)cc1)N1CCC(C)(C)C1.I. The Morgan fingerprint density at radius 3 is 2.54 bits per heavy atom. The minimum Gasteiger partial charge on any atom is -0.497 e. The Morgan fingerprint density at radius 1 is 1.29 bits per heavy atom. The maximum absolute atomic E-state index is 5.19. The first-order valence-corrected chi connectivity index (χ1v) is 8.70. The summed E-state index contributed by atoms with van der Waals surface area (Å²) in [7, 11) is 1.70. The fraction of sp³-hybridized carbons (Fsp3) is 0.632. The first-order chi connectivity index (χ1) is 11.0. The Bertz CT molecular complexity index is 514. The molecule has 1 aromatic rings. The number of guanidine groups is 1. The number of aryl methyl sites for hydroxylation is 1. The van der Waals surface area contributed by atoms with Crippen LogP contribution >= 0.6 is 24.0 Å². The summed E-state index contributed by atoms with van der Waals surface area (Å²) in [6, 6.07) is 8.32. The standard InChI is InChI=1S/C19H31N3O.HI/c1-5-20-18(22-14-12-19(2,3)15-22)21-13-6-7-16-8-10-17(23-4)11-9-16;/h8-11H,5-7,12-15H2,1-4H3,(H,20,21);1H. The number of hydrogen-bond acceptors (Lipinski definition) is 2. The van der Waals surface area contributed by atoms with Gasteiger partial charge in [0.05, 0.1) is 7.11 Å². The van der Waals surface area contributed by atoms with Gasteiger partial charge in [0.25, 0.3) is 0 Å². The zero-order valence-corrected chi connectivity index (χ0v) is 17.8. The molecule has 1 fully saturated rings. The number of aliphatic imine (C=N–C) groups is 1. The minimum absolute atomic E-state index is 0. The van der Waals surface area contributed by atoms with E-state index in [4.69, 9.17) is 9.73 Å². The number of halogens is 1. The number of rotatable bonds is 6. The van der Waals surface area contributed by atoms with Crippen LogP contribution in [0.1, 0.15) is 39.2 Å². The van der Waals surface area contributed by atoms with Crippen molar-refractivity contribution in [1.29, 1.82) is 0 Å². The summed E-state index contributed by atoms with van der Waals surface area (Å²) in [5, 5.41) is 3.44. The summed E-state index contributed by atoms with van der Waals surface area (Å²) in [5.41, 5.74) is 1.74. The molecule has 4 nitrogen and oxygen atoms in total. The van der Waals surface area contributed by atoms with Gasteiger partial charge in [-0.3, -0.25) is 4.99 Å². The van der Waals surface area contributed by atoms with Crippen molar-refractivity contribution in [2.24, 2.45) is 10.4 Å². The summed E-state index contributed by atoms with van der Waals surface area (Å²) in [5.74, 6) is 1.99. The number of hydrogen-bond donors (Lipinski definition) is 1. The van der Waals surface area contributed by atoms with E-state index in [2.05, 4.69) is 43.1 Å². The Balaban J connectivity index is 0.00000288. The Kier molecular flexibility index (Phi) is 8.87. The molecular formula is C19H32IN3O. The van der Waals surface area contributed by atoms with Gasteiger partial charge in [-0.25, -0.2) is 0 Å². The molecule has 0 atom stereocenters. The summed E-state index contributed by atoms with van der Waals surface area (Å²) < 4.78 is 5.19.